The summed E-state index contributed by atoms with van der Waals surface area (Å²) in [6.07, 6.45) is 4.78. The van der Waals surface area contributed by atoms with Crippen LogP contribution in [0.4, 0.5) is 17.1 Å². The first-order chi connectivity index (χ1) is 17.1. The van der Waals surface area contributed by atoms with Crippen LogP contribution in [0.2, 0.25) is 0 Å². The van der Waals surface area contributed by atoms with Gasteiger partial charge in [-0.05, 0) is 55.5 Å². The number of anilines is 3. The first kappa shape index (κ1) is 21.7. The molecule has 1 amide bonds. The number of nitrogens with zero attached hydrogens (tertiary/aromatic N) is 4. The largest absolute Gasteiger partial charge is 0.457 e. The van der Waals surface area contributed by atoms with Crippen LogP contribution in [0.5, 0.6) is 11.5 Å². The topological polar surface area (TPSA) is 104 Å². The van der Waals surface area contributed by atoms with E-state index >= 15 is 0 Å². The van der Waals surface area contributed by atoms with Crippen LogP contribution in [-0.4, -0.2) is 20.5 Å². The highest BCUT2D eigenvalue weighted by Gasteiger charge is 2.18. The monoisotopic (exact) mass is 460 g/mol. The molecule has 3 aromatic heterocycles. The number of para-hydroxylation sites is 1. The molecular formula is C27H20N6O2. The Morgan fingerprint density at radius 2 is 1.74 bits per heavy atom. The van der Waals surface area contributed by atoms with Crippen LogP contribution in [0.25, 0.3) is 5.52 Å². The third-order valence-electron chi connectivity index (χ3n) is 5.43. The van der Waals surface area contributed by atoms with Gasteiger partial charge in [-0.2, -0.15) is 10.4 Å². The van der Waals surface area contributed by atoms with Crippen molar-refractivity contribution in [3.8, 4) is 17.6 Å². The number of amides is 1. The van der Waals surface area contributed by atoms with E-state index in [2.05, 4.69) is 26.8 Å². The molecule has 0 bridgehead atoms. The molecule has 35 heavy (non-hydrogen) atoms. The highest BCUT2D eigenvalue weighted by molar-refractivity contribution is 6.04. The first-order valence-electron chi connectivity index (χ1n) is 10.9. The summed E-state index contributed by atoms with van der Waals surface area (Å²) in [6.45, 7) is 1.87. The fourth-order valence-corrected chi connectivity index (χ4v) is 3.68. The van der Waals surface area contributed by atoms with Crippen molar-refractivity contribution in [3.63, 3.8) is 0 Å². The molecule has 0 spiro atoms. The van der Waals surface area contributed by atoms with Gasteiger partial charge in [0.05, 0.1) is 34.8 Å². The molecule has 0 aliphatic rings. The lowest BCUT2D eigenvalue weighted by atomic mass is 10.1. The minimum absolute atomic E-state index is 0.309. The van der Waals surface area contributed by atoms with Crippen LogP contribution < -0.4 is 15.4 Å². The Morgan fingerprint density at radius 1 is 1.00 bits per heavy atom. The van der Waals surface area contributed by atoms with E-state index in [-0.39, 0.29) is 5.91 Å². The van der Waals surface area contributed by atoms with Crippen LogP contribution in [0.1, 0.15) is 21.6 Å². The zero-order chi connectivity index (χ0) is 24.2. The molecule has 5 aromatic rings. The average molecular weight is 460 g/mol. The molecule has 0 aliphatic carbocycles. The SMILES string of the molecule is Cc1c(NC(=O)c2ccccn2)cn2ncc(C#N)c(Nc3ccc(Oc4ccccc4)cc3)c12. The van der Waals surface area contributed by atoms with Crippen molar-refractivity contribution in [1.82, 2.24) is 14.6 Å². The Morgan fingerprint density at radius 3 is 2.46 bits per heavy atom. The molecule has 2 aromatic carbocycles. The number of fused-ring (bicyclic) bond motifs is 1. The van der Waals surface area contributed by atoms with Gasteiger partial charge in [-0.15, -0.1) is 0 Å². The number of hydrogen-bond donors (Lipinski definition) is 2. The number of aryl methyl sites for hydroxylation is 1. The maximum absolute atomic E-state index is 12.6. The molecule has 0 atom stereocenters. The molecule has 3 heterocycles. The summed E-state index contributed by atoms with van der Waals surface area (Å²) in [5, 5.41) is 20.3. The number of carbonyl (C=O) groups excluding carboxylic acids is 1. The first-order valence-corrected chi connectivity index (χ1v) is 10.9. The molecule has 0 fully saturated rings. The highest BCUT2D eigenvalue weighted by atomic mass is 16.5. The van der Waals surface area contributed by atoms with Crippen LogP contribution >= 0.6 is 0 Å². The molecule has 0 aliphatic heterocycles. The van der Waals surface area contributed by atoms with E-state index in [0.29, 0.717) is 33.9 Å². The summed E-state index contributed by atoms with van der Waals surface area (Å²) in [6, 6.07) is 24.3. The standard InChI is InChI=1S/C27H20N6O2/c1-18-24(32-27(34)23-9-5-6-14-29-23)17-33-26(18)25(19(15-28)16-30-33)31-20-10-12-22(13-11-20)35-21-7-3-2-4-8-21/h2-14,16-17,31H,1H3,(H,32,34). The number of hydrogen-bond acceptors (Lipinski definition) is 6. The Bertz CT molecular complexity index is 1540. The molecule has 5 rings (SSSR count). The summed E-state index contributed by atoms with van der Waals surface area (Å²) in [7, 11) is 0. The highest BCUT2D eigenvalue weighted by Crippen LogP contribution is 2.33. The van der Waals surface area contributed by atoms with E-state index in [1.165, 1.54) is 6.20 Å². The molecule has 0 saturated heterocycles. The van der Waals surface area contributed by atoms with E-state index in [4.69, 9.17) is 4.74 Å². The summed E-state index contributed by atoms with van der Waals surface area (Å²) in [5.41, 5.74) is 4.09. The smallest absolute Gasteiger partial charge is 0.274 e. The van der Waals surface area contributed by atoms with Gasteiger partial charge in [-0.25, -0.2) is 4.52 Å². The second kappa shape index (κ2) is 9.37. The number of carbonyl (C=O) groups is 1. The van der Waals surface area contributed by atoms with Crippen molar-refractivity contribution in [3.05, 3.63) is 108 Å². The molecule has 0 unspecified atom stereocenters. The second-order valence-electron chi connectivity index (χ2n) is 7.74. The van der Waals surface area contributed by atoms with Gasteiger partial charge in [-0.3, -0.25) is 9.78 Å². The zero-order valence-corrected chi connectivity index (χ0v) is 18.8. The molecule has 170 valence electrons. The third-order valence-corrected chi connectivity index (χ3v) is 5.43. The van der Waals surface area contributed by atoms with Crippen LogP contribution in [0.3, 0.4) is 0 Å². The zero-order valence-electron chi connectivity index (χ0n) is 18.8. The fourth-order valence-electron chi connectivity index (χ4n) is 3.68. The van der Waals surface area contributed by atoms with Crippen molar-refractivity contribution in [1.29, 1.82) is 5.26 Å². The molecule has 0 saturated carbocycles. The predicted molar refractivity (Wildman–Crippen MR) is 133 cm³/mol. The molecule has 0 radical (unpaired) electrons. The van der Waals surface area contributed by atoms with E-state index in [9.17, 15) is 10.1 Å². The van der Waals surface area contributed by atoms with Gasteiger partial charge in [-0.1, -0.05) is 24.3 Å². The molecular weight excluding hydrogens is 440 g/mol. The van der Waals surface area contributed by atoms with Gasteiger partial charge in [0.2, 0.25) is 0 Å². The van der Waals surface area contributed by atoms with Gasteiger partial charge in [0.1, 0.15) is 23.3 Å². The van der Waals surface area contributed by atoms with E-state index in [1.54, 1.807) is 35.1 Å². The van der Waals surface area contributed by atoms with E-state index in [1.807, 2.05) is 61.5 Å². The van der Waals surface area contributed by atoms with Gasteiger partial charge in [0, 0.05) is 17.4 Å². The number of aromatic nitrogens is 3. The second-order valence-corrected chi connectivity index (χ2v) is 7.74. The van der Waals surface area contributed by atoms with Crippen LogP contribution in [0.15, 0.2) is 91.4 Å². The molecule has 2 N–H and O–H groups in total. The Hall–Kier alpha value is -5.16. The third kappa shape index (κ3) is 4.51. The van der Waals surface area contributed by atoms with Gasteiger partial charge in [0.15, 0.2) is 0 Å². The lowest BCUT2D eigenvalue weighted by molar-refractivity contribution is 0.102. The van der Waals surface area contributed by atoms with E-state index < -0.39 is 0 Å². The number of ether oxygens (including phenoxy) is 1. The van der Waals surface area contributed by atoms with Gasteiger partial charge in [0.25, 0.3) is 5.91 Å². The Kier molecular flexibility index (Phi) is 5.80. The number of benzene rings is 2. The van der Waals surface area contributed by atoms with Gasteiger partial charge < -0.3 is 15.4 Å². The van der Waals surface area contributed by atoms with E-state index in [0.717, 1.165) is 17.0 Å². The van der Waals surface area contributed by atoms with Gasteiger partial charge >= 0.3 is 0 Å². The fraction of sp³-hybridized carbons (Fsp3) is 0.0370. The predicted octanol–water partition coefficient (Wildman–Crippen LogP) is 5.70. The van der Waals surface area contributed by atoms with Crippen molar-refractivity contribution in [2.45, 2.75) is 6.92 Å². The molecule has 8 heteroatoms. The normalized spacial score (nSPS) is 10.5. The van der Waals surface area contributed by atoms with Crippen LogP contribution in [-0.2, 0) is 0 Å². The Balaban J connectivity index is 1.44. The summed E-state index contributed by atoms with van der Waals surface area (Å²) >= 11 is 0. The number of rotatable bonds is 6. The van der Waals surface area contributed by atoms with Crippen molar-refractivity contribution < 1.29 is 9.53 Å². The maximum atomic E-state index is 12.6. The summed E-state index contributed by atoms with van der Waals surface area (Å²) in [5.74, 6) is 1.12. The average Bonchev–Trinajstić information content (AvgIpc) is 3.21. The number of nitrogens with one attached hydrogen (secondary N) is 2. The summed E-state index contributed by atoms with van der Waals surface area (Å²) in [4.78, 5) is 16.7. The number of nitriles is 1. The lowest BCUT2D eigenvalue weighted by Gasteiger charge is -2.12. The van der Waals surface area contributed by atoms with Crippen molar-refractivity contribution in [2.24, 2.45) is 0 Å². The number of pyridine rings is 1. The minimum Gasteiger partial charge on any atom is -0.457 e. The quantitative estimate of drug-likeness (QED) is 0.337. The summed E-state index contributed by atoms with van der Waals surface area (Å²) < 4.78 is 7.49. The van der Waals surface area contributed by atoms with Crippen molar-refractivity contribution >= 4 is 28.5 Å². The minimum atomic E-state index is -0.325. The van der Waals surface area contributed by atoms with Crippen molar-refractivity contribution in [2.75, 3.05) is 10.6 Å². The Labute approximate surface area is 201 Å². The molecule has 8 nitrogen and oxygen atoms in total. The lowest BCUT2D eigenvalue weighted by Crippen LogP contribution is -2.13. The maximum Gasteiger partial charge on any atom is 0.274 e. The van der Waals surface area contributed by atoms with Crippen LogP contribution in [0, 0.1) is 18.3 Å².